The van der Waals surface area contributed by atoms with Crippen molar-refractivity contribution in [3.05, 3.63) is 44.0 Å². The first-order chi connectivity index (χ1) is 8.52. The van der Waals surface area contributed by atoms with E-state index in [1.807, 2.05) is 20.8 Å². The van der Waals surface area contributed by atoms with Crippen molar-refractivity contribution in [3.63, 3.8) is 0 Å². The minimum atomic E-state index is 0.170. The molecule has 0 saturated heterocycles. The van der Waals surface area contributed by atoms with Gasteiger partial charge in [-0.25, -0.2) is 0 Å². The van der Waals surface area contributed by atoms with Crippen LogP contribution >= 0.6 is 22.9 Å². The summed E-state index contributed by atoms with van der Waals surface area (Å²) < 4.78 is 6.50. The highest BCUT2D eigenvalue weighted by Gasteiger charge is 2.20. The number of halogens is 1. The first-order valence-corrected chi connectivity index (χ1v) is 7.28. The van der Waals surface area contributed by atoms with Crippen molar-refractivity contribution in [2.75, 3.05) is 6.54 Å². The summed E-state index contributed by atoms with van der Waals surface area (Å²) >= 11 is 7.81. The second-order valence-corrected chi connectivity index (χ2v) is 6.15. The van der Waals surface area contributed by atoms with Crippen molar-refractivity contribution < 1.29 is 4.42 Å². The molecule has 98 valence electrons. The molecule has 1 unspecified atom stereocenters. The molecule has 0 radical (unpaired) electrons. The quantitative estimate of drug-likeness (QED) is 0.886. The summed E-state index contributed by atoms with van der Waals surface area (Å²) in [5.74, 6) is 1.92. The van der Waals surface area contributed by atoms with Crippen LogP contribution in [0.25, 0.3) is 0 Å². The number of nitrogens with one attached hydrogen (secondary N) is 1. The Bertz CT molecular complexity index is 524. The SMILES string of the molecule is CCNC(c1cc(C)c(Cl)s1)c1cc(C)oc1C. The molecule has 2 aromatic heterocycles. The molecule has 0 aliphatic heterocycles. The van der Waals surface area contributed by atoms with E-state index < -0.39 is 0 Å². The number of hydrogen-bond acceptors (Lipinski definition) is 3. The van der Waals surface area contributed by atoms with E-state index in [4.69, 9.17) is 16.0 Å². The van der Waals surface area contributed by atoms with Gasteiger partial charge < -0.3 is 9.73 Å². The van der Waals surface area contributed by atoms with Gasteiger partial charge in [-0.15, -0.1) is 11.3 Å². The van der Waals surface area contributed by atoms with Crippen molar-refractivity contribution in [3.8, 4) is 0 Å². The number of rotatable bonds is 4. The zero-order valence-electron chi connectivity index (χ0n) is 11.1. The van der Waals surface area contributed by atoms with Crippen molar-refractivity contribution in [1.82, 2.24) is 5.32 Å². The Morgan fingerprint density at radius 2 is 2.06 bits per heavy atom. The van der Waals surface area contributed by atoms with Gasteiger partial charge in [-0.05, 0) is 45.0 Å². The van der Waals surface area contributed by atoms with Crippen LogP contribution in [0.15, 0.2) is 16.5 Å². The summed E-state index contributed by atoms with van der Waals surface area (Å²) in [6.45, 7) is 9.04. The maximum absolute atomic E-state index is 6.17. The first-order valence-electron chi connectivity index (χ1n) is 6.09. The van der Waals surface area contributed by atoms with Crippen molar-refractivity contribution in [1.29, 1.82) is 0 Å². The van der Waals surface area contributed by atoms with Crippen LogP contribution in [0.5, 0.6) is 0 Å². The summed E-state index contributed by atoms with van der Waals surface area (Å²) in [5.41, 5.74) is 2.34. The minimum Gasteiger partial charge on any atom is -0.466 e. The lowest BCUT2D eigenvalue weighted by Crippen LogP contribution is -2.21. The zero-order valence-corrected chi connectivity index (χ0v) is 12.7. The topological polar surface area (TPSA) is 25.2 Å². The van der Waals surface area contributed by atoms with Crippen molar-refractivity contribution >= 4 is 22.9 Å². The minimum absolute atomic E-state index is 0.170. The summed E-state index contributed by atoms with van der Waals surface area (Å²) in [4.78, 5) is 1.24. The largest absolute Gasteiger partial charge is 0.466 e. The lowest BCUT2D eigenvalue weighted by Gasteiger charge is -2.15. The van der Waals surface area contributed by atoms with Crippen LogP contribution in [-0.2, 0) is 0 Å². The molecule has 1 atom stereocenters. The van der Waals surface area contributed by atoms with E-state index in [1.165, 1.54) is 10.4 Å². The van der Waals surface area contributed by atoms with Crippen LogP contribution in [0.2, 0.25) is 4.34 Å². The molecule has 2 nitrogen and oxygen atoms in total. The third kappa shape index (κ3) is 2.63. The molecular weight excluding hydrogens is 266 g/mol. The Hall–Kier alpha value is -0.770. The van der Waals surface area contributed by atoms with Crippen LogP contribution in [0.1, 0.15) is 40.5 Å². The highest BCUT2D eigenvalue weighted by Crippen LogP contribution is 2.35. The van der Waals surface area contributed by atoms with Crippen LogP contribution < -0.4 is 5.32 Å². The van der Waals surface area contributed by atoms with E-state index in [2.05, 4.69) is 24.4 Å². The molecule has 0 bridgehead atoms. The summed E-state index contributed by atoms with van der Waals surface area (Å²) in [5, 5.41) is 3.50. The van der Waals surface area contributed by atoms with Crippen molar-refractivity contribution in [2.24, 2.45) is 0 Å². The van der Waals surface area contributed by atoms with Gasteiger partial charge in [0.2, 0.25) is 0 Å². The standard InChI is InChI=1S/C14H18ClNOS/c1-5-16-13(11-7-9(3)17-10(11)4)12-6-8(2)14(15)18-12/h6-7,13,16H,5H2,1-4H3. The summed E-state index contributed by atoms with van der Waals surface area (Å²) in [6, 6.07) is 4.43. The molecule has 4 heteroatoms. The predicted molar refractivity (Wildman–Crippen MR) is 77.8 cm³/mol. The van der Waals surface area contributed by atoms with Crippen LogP contribution in [-0.4, -0.2) is 6.54 Å². The second kappa shape index (κ2) is 5.47. The van der Waals surface area contributed by atoms with E-state index in [-0.39, 0.29) is 6.04 Å². The first kappa shape index (κ1) is 13.7. The molecule has 0 amide bonds. The van der Waals surface area contributed by atoms with Gasteiger partial charge >= 0.3 is 0 Å². The van der Waals surface area contributed by atoms with Gasteiger partial charge in [0, 0.05) is 10.4 Å². The lowest BCUT2D eigenvalue weighted by molar-refractivity contribution is 0.495. The Labute approximate surface area is 117 Å². The van der Waals surface area contributed by atoms with Gasteiger partial charge in [-0.1, -0.05) is 18.5 Å². The van der Waals surface area contributed by atoms with E-state index in [0.29, 0.717) is 0 Å². The van der Waals surface area contributed by atoms with Gasteiger partial charge in [-0.2, -0.15) is 0 Å². The number of hydrogen-bond donors (Lipinski definition) is 1. The number of furan rings is 1. The van der Waals surface area contributed by atoms with Crippen LogP contribution in [0.3, 0.4) is 0 Å². The molecule has 18 heavy (non-hydrogen) atoms. The monoisotopic (exact) mass is 283 g/mol. The lowest BCUT2D eigenvalue weighted by atomic mass is 10.1. The maximum Gasteiger partial charge on any atom is 0.106 e. The fourth-order valence-electron chi connectivity index (χ4n) is 2.13. The van der Waals surface area contributed by atoms with E-state index in [9.17, 15) is 0 Å². The average Bonchev–Trinajstić information content (AvgIpc) is 2.79. The van der Waals surface area contributed by atoms with Gasteiger partial charge in [0.05, 0.1) is 10.4 Å². The summed E-state index contributed by atoms with van der Waals surface area (Å²) in [6.07, 6.45) is 0. The van der Waals surface area contributed by atoms with Gasteiger partial charge in [0.15, 0.2) is 0 Å². The third-order valence-electron chi connectivity index (χ3n) is 2.96. The zero-order chi connectivity index (χ0) is 13.3. The van der Waals surface area contributed by atoms with Gasteiger partial charge in [0.1, 0.15) is 11.5 Å². The average molecular weight is 284 g/mol. The van der Waals surface area contributed by atoms with Crippen LogP contribution in [0.4, 0.5) is 0 Å². The molecule has 2 rings (SSSR count). The van der Waals surface area contributed by atoms with Gasteiger partial charge in [-0.3, -0.25) is 0 Å². The van der Waals surface area contributed by atoms with Gasteiger partial charge in [0.25, 0.3) is 0 Å². The molecule has 0 aromatic carbocycles. The number of thiophene rings is 1. The molecule has 2 aromatic rings. The Morgan fingerprint density at radius 1 is 1.33 bits per heavy atom. The molecule has 0 spiro atoms. The molecule has 2 heterocycles. The van der Waals surface area contributed by atoms with E-state index >= 15 is 0 Å². The van der Waals surface area contributed by atoms with E-state index in [0.717, 1.165) is 28.0 Å². The normalized spacial score (nSPS) is 12.9. The Morgan fingerprint density at radius 3 is 2.50 bits per heavy atom. The molecule has 0 aliphatic carbocycles. The molecule has 1 N–H and O–H groups in total. The Balaban J connectivity index is 2.42. The van der Waals surface area contributed by atoms with Crippen LogP contribution in [0, 0.1) is 20.8 Å². The predicted octanol–water partition coefficient (Wildman–Crippen LogP) is 4.62. The smallest absolute Gasteiger partial charge is 0.106 e. The second-order valence-electron chi connectivity index (χ2n) is 4.46. The maximum atomic E-state index is 6.17. The number of aryl methyl sites for hydroxylation is 3. The molecule has 0 fully saturated rings. The molecular formula is C14H18ClNOS. The third-order valence-corrected chi connectivity index (χ3v) is 4.58. The highest BCUT2D eigenvalue weighted by molar-refractivity contribution is 7.16. The fraction of sp³-hybridized carbons (Fsp3) is 0.429. The molecule has 0 aliphatic rings. The summed E-state index contributed by atoms with van der Waals surface area (Å²) in [7, 11) is 0. The Kier molecular flexibility index (Phi) is 4.15. The molecule has 0 saturated carbocycles. The van der Waals surface area contributed by atoms with Crippen molar-refractivity contribution in [2.45, 2.75) is 33.7 Å². The fourth-order valence-corrected chi connectivity index (χ4v) is 3.44. The highest BCUT2D eigenvalue weighted by atomic mass is 35.5. The van der Waals surface area contributed by atoms with E-state index in [1.54, 1.807) is 11.3 Å².